The smallest absolute Gasteiger partial charge is 0.332 e. The van der Waals surface area contributed by atoms with Crippen molar-refractivity contribution in [1.29, 1.82) is 0 Å². The van der Waals surface area contributed by atoms with Gasteiger partial charge in [-0.1, -0.05) is 26.2 Å². The molecule has 1 unspecified atom stereocenters. The molecule has 1 fully saturated rings. The Kier molecular flexibility index (Phi) is 8.84. The standard InChI is InChI=1S/C15H29NO3/c1-3-14(13-8-6-5-7-9-13)16-10-11-18-12-15(17)19-4-2/h13-14,16H,3-12H2,1-2H3. The summed E-state index contributed by atoms with van der Waals surface area (Å²) in [6, 6.07) is 0.603. The van der Waals surface area contributed by atoms with Crippen LogP contribution in [0.4, 0.5) is 0 Å². The van der Waals surface area contributed by atoms with Gasteiger partial charge in [-0.25, -0.2) is 4.79 Å². The maximum absolute atomic E-state index is 11.1. The van der Waals surface area contributed by atoms with Crippen molar-refractivity contribution in [2.24, 2.45) is 5.92 Å². The third-order valence-corrected chi connectivity index (χ3v) is 3.84. The average Bonchev–Trinajstić information content (AvgIpc) is 2.44. The molecule has 1 atom stereocenters. The van der Waals surface area contributed by atoms with Crippen LogP contribution in [0.15, 0.2) is 0 Å². The second kappa shape index (κ2) is 10.2. The van der Waals surface area contributed by atoms with E-state index in [1.165, 1.54) is 38.5 Å². The minimum atomic E-state index is -0.276. The minimum Gasteiger partial charge on any atom is -0.464 e. The van der Waals surface area contributed by atoms with E-state index in [2.05, 4.69) is 12.2 Å². The van der Waals surface area contributed by atoms with Crippen molar-refractivity contribution in [3.05, 3.63) is 0 Å². The zero-order chi connectivity index (χ0) is 13.9. The summed E-state index contributed by atoms with van der Waals surface area (Å²) in [7, 11) is 0. The summed E-state index contributed by atoms with van der Waals surface area (Å²) >= 11 is 0. The van der Waals surface area contributed by atoms with Crippen molar-refractivity contribution in [2.45, 2.75) is 58.4 Å². The van der Waals surface area contributed by atoms with Crippen molar-refractivity contribution in [1.82, 2.24) is 5.32 Å². The summed E-state index contributed by atoms with van der Waals surface area (Å²) in [4.78, 5) is 11.1. The highest BCUT2D eigenvalue weighted by molar-refractivity contribution is 5.70. The van der Waals surface area contributed by atoms with Crippen LogP contribution in [0.5, 0.6) is 0 Å². The Labute approximate surface area is 117 Å². The van der Waals surface area contributed by atoms with E-state index >= 15 is 0 Å². The SMILES string of the molecule is CCOC(=O)COCCNC(CC)C1CCCCC1. The number of carbonyl (C=O) groups is 1. The van der Waals surface area contributed by atoms with E-state index < -0.39 is 0 Å². The maximum atomic E-state index is 11.1. The molecule has 0 aromatic rings. The van der Waals surface area contributed by atoms with E-state index in [0.29, 0.717) is 19.3 Å². The minimum absolute atomic E-state index is 0.0652. The first-order chi connectivity index (χ1) is 9.27. The van der Waals surface area contributed by atoms with Crippen LogP contribution in [-0.4, -0.2) is 38.4 Å². The quantitative estimate of drug-likeness (QED) is 0.517. The van der Waals surface area contributed by atoms with Gasteiger partial charge in [-0.15, -0.1) is 0 Å². The Bertz CT molecular complexity index is 240. The Morgan fingerprint density at radius 3 is 2.63 bits per heavy atom. The Hall–Kier alpha value is -0.610. The lowest BCUT2D eigenvalue weighted by atomic mass is 9.83. The van der Waals surface area contributed by atoms with Gasteiger partial charge in [0.2, 0.25) is 0 Å². The first kappa shape index (κ1) is 16.4. The fraction of sp³-hybridized carbons (Fsp3) is 0.933. The van der Waals surface area contributed by atoms with Gasteiger partial charge in [0.25, 0.3) is 0 Å². The fourth-order valence-electron chi connectivity index (χ4n) is 2.86. The molecule has 0 aliphatic heterocycles. The zero-order valence-electron chi connectivity index (χ0n) is 12.5. The molecule has 4 nitrogen and oxygen atoms in total. The molecule has 0 saturated heterocycles. The van der Waals surface area contributed by atoms with E-state index in [9.17, 15) is 4.79 Å². The summed E-state index contributed by atoms with van der Waals surface area (Å²) in [6.45, 7) is 5.91. The highest BCUT2D eigenvalue weighted by Crippen LogP contribution is 2.27. The zero-order valence-corrected chi connectivity index (χ0v) is 12.5. The van der Waals surface area contributed by atoms with Crippen LogP contribution in [0.25, 0.3) is 0 Å². The molecule has 0 radical (unpaired) electrons. The summed E-state index contributed by atoms with van der Waals surface area (Å²) < 4.78 is 10.1. The van der Waals surface area contributed by atoms with Crippen molar-refractivity contribution >= 4 is 5.97 Å². The van der Waals surface area contributed by atoms with Crippen molar-refractivity contribution < 1.29 is 14.3 Å². The van der Waals surface area contributed by atoms with Crippen LogP contribution in [0.1, 0.15) is 52.4 Å². The van der Waals surface area contributed by atoms with Gasteiger partial charge in [-0.05, 0) is 32.1 Å². The lowest BCUT2D eigenvalue weighted by Crippen LogP contribution is -2.38. The van der Waals surface area contributed by atoms with Gasteiger partial charge in [0.05, 0.1) is 13.2 Å². The molecule has 1 aliphatic rings. The molecule has 0 aromatic heterocycles. The van der Waals surface area contributed by atoms with E-state index in [4.69, 9.17) is 9.47 Å². The van der Waals surface area contributed by atoms with Gasteiger partial charge in [0, 0.05) is 12.6 Å². The number of esters is 1. The Morgan fingerprint density at radius 2 is 2.00 bits per heavy atom. The van der Waals surface area contributed by atoms with Crippen molar-refractivity contribution in [2.75, 3.05) is 26.4 Å². The lowest BCUT2D eigenvalue weighted by Gasteiger charge is -2.30. The highest BCUT2D eigenvalue weighted by atomic mass is 16.6. The predicted octanol–water partition coefficient (Wildman–Crippen LogP) is 2.51. The normalized spacial score (nSPS) is 18.2. The van der Waals surface area contributed by atoms with Crippen molar-refractivity contribution in [3.63, 3.8) is 0 Å². The molecule has 1 N–H and O–H groups in total. The molecular formula is C15H29NO3. The first-order valence-electron chi connectivity index (χ1n) is 7.74. The van der Waals surface area contributed by atoms with Gasteiger partial charge in [-0.2, -0.15) is 0 Å². The Morgan fingerprint density at radius 1 is 1.26 bits per heavy atom. The molecule has 0 spiro atoms. The van der Waals surface area contributed by atoms with Crippen LogP contribution in [0, 0.1) is 5.92 Å². The molecular weight excluding hydrogens is 242 g/mol. The van der Waals surface area contributed by atoms with Crippen LogP contribution < -0.4 is 5.32 Å². The maximum Gasteiger partial charge on any atom is 0.332 e. The van der Waals surface area contributed by atoms with Crippen molar-refractivity contribution in [3.8, 4) is 0 Å². The molecule has 1 saturated carbocycles. The number of nitrogens with one attached hydrogen (secondary N) is 1. The molecule has 0 amide bonds. The van der Waals surface area contributed by atoms with E-state index in [1.54, 1.807) is 6.92 Å². The molecule has 0 bridgehead atoms. The predicted molar refractivity (Wildman–Crippen MR) is 76.1 cm³/mol. The topological polar surface area (TPSA) is 47.6 Å². The molecule has 112 valence electrons. The largest absolute Gasteiger partial charge is 0.464 e. The molecule has 1 rings (SSSR count). The number of hydrogen-bond acceptors (Lipinski definition) is 4. The fourth-order valence-corrected chi connectivity index (χ4v) is 2.86. The number of carbonyl (C=O) groups excluding carboxylic acids is 1. The van der Waals surface area contributed by atoms with Crippen LogP contribution in [0.3, 0.4) is 0 Å². The van der Waals surface area contributed by atoms with Crippen LogP contribution >= 0.6 is 0 Å². The first-order valence-corrected chi connectivity index (χ1v) is 7.74. The average molecular weight is 271 g/mol. The summed E-state index contributed by atoms with van der Waals surface area (Å²) in [5.74, 6) is 0.547. The van der Waals surface area contributed by atoms with Gasteiger partial charge in [-0.3, -0.25) is 0 Å². The molecule has 0 heterocycles. The van der Waals surface area contributed by atoms with Crippen LogP contribution in [-0.2, 0) is 14.3 Å². The number of rotatable bonds is 9. The second-order valence-corrected chi connectivity index (χ2v) is 5.22. The van der Waals surface area contributed by atoms with E-state index in [-0.39, 0.29) is 12.6 Å². The lowest BCUT2D eigenvalue weighted by molar-refractivity contribution is -0.148. The van der Waals surface area contributed by atoms with E-state index in [0.717, 1.165) is 12.5 Å². The molecule has 1 aliphatic carbocycles. The Balaban J connectivity index is 2.07. The highest BCUT2D eigenvalue weighted by Gasteiger charge is 2.21. The molecule has 19 heavy (non-hydrogen) atoms. The number of ether oxygens (including phenoxy) is 2. The van der Waals surface area contributed by atoms with Crippen LogP contribution in [0.2, 0.25) is 0 Å². The van der Waals surface area contributed by atoms with Gasteiger partial charge < -0.3 is 14.8 Å². The molecule has 4 heteroatoms. The third kappa shape index (κ3) is 6.92. The van der Waals surface area contributed by atoms with E-state index in [1.807, 2.05) is 0 Å². The van der Waals surface area contributed by atoms with Gasteiger partial charge in [0.1, 0.15) is 6.61 Å². The second-order valence-electron chi connectivity index (χ2n) is 5.22. The van der Waals surface area contributed by atoms with Gasteiger partial charge >= 0.3 is 5.97 Å². The number of hydrogen-bond donors (Lipinski definition) is 1. The summed E-state index contributed by atoms with van der Waals surface area (Å²) in [6.07, 6.45) is 8.03. The van der Waals surface area contributed by atoms with Gasteiger partial charge in [0.15, 0.2) is 0 Å². The summed E-state index contributed by atoms with van der Waals surface area (Å²) in [5.41, 5.74) is 0. The monoisotopic (exact) mass is 271 g/mol. The third-order valence-electron chi connectivity index (χ3n) is 3.84. The summed E-state index contributed by atoms with van der Waals surface area (Å²) in [5, 5.41) is 3.57. The molecule has 0 aromatic carbocycles.